The summed E-state index contributed by atoms with van der Waals surface area (Å²) in [5.74, 6) is 1.56. The van der Waals surface area contributed by atoms with Gasteiger partial charge in [0.2, 0.25) is 0 Å². The molecule has 0 radical (unpaired) electrons. The Morgan fingerprint density at radius 2 is 1.72 bits per heavy atom. The molecule has 0 saturated carbocycles. The average Bonchev–Trinajstić information content (AvgIpc) is 2.83. The second-order valence-corrected chi connectivity index (χ2v) is 8.61. The first-order valence-electron chi connectivity index (χ1n) is 11.5. The topological polar surface area (TPSA) is 29.0 Å². The lowest BCUT2D eigenvalue weighted by atomic mass is 9.91. The van der Waals surface area contributed by atoms with Crippen LogP contribution in [0.15, 0.2) is 73.2 Å². The van der Waals surface area contributed by atoms with Gasteiger partial charge in [0.1, 0.15) is 5.82 Å². The van der Waals surface area contributed by atoms with Gasteiger partial charge in [-0.05, 0) is 60.1 Å². The molecule has 0 fully saturated rings. The van der Waals surface area contributed by atoms with Crippen LogP contribution < -0.4 is 4.90 Å². The Morgan fingerprint density at radius 1 is 1.03 bits per heavy atom. The summed E-state index contributed by atoms with van der Waals surface area (Å²) in [4.78, 5) is 11.5. The fourth-order valence-corrected chi connectivity index (χ4v) is 4.12. The van der Waals surface area contributed by atoms with Crippen LogP contribution >= 0.6 is 0 Å². The van der Waals surface area contributed by atoms with Gasteiger partial charge < -0.3 is 4.90 Å². The molecule has 3 aromatic rings. The Labute approximate surface area is 193 Å². The van der Waals surface area contributed by atoms with Crippen molar-refractivity contribution in [1.29, 1.82) is 0 Å². The van der Waals surface area contributed by atoms with Crippen LogP contribution in [0.25, 0.3) is 22.8 Å². The van der Waals surface area contributed by atoms with E-state index >= 15 is 0 Å². The smallest absolute Gasteiger partial charge is 0.128 e. The Morgan fingerprint density at radius 3 is 2.31 bits per heavy atom. The van der Waals surface area contributed by atoms with Crippen LogP contribution in [-0.4, -0.2) is 17.0 Å². The fraction of sp³-hybridized carbons (Fsp3) is 0.310. The second-order valence-electron chi connectivity index (χ2n) is 8.61. The van der Waals surface area contributed by atoms with Gasteiger partial charge in [-0.3, -0.25) is 0 Å². The average molecular weight is 426 g/mol. The summed E-state index contributed by atoms with van der Waals surface area (Å²) in [6.45, 7) is 13.0. The number of nitrogens with zero attached hydrogens (tertiary/aromatic N) is 3. The molecule has 1 aromatic heterocycles. The summed E-state index contributed by atoms with van der Waals surface area (Å²) in [5.41, 5.74) is 8.19. The van der Waals surface area contributed by atoms with Gasteiger partial charge >= 0.3 is 0 Å². The van der Waals surface area contributed by atoms with Gasteiger partial charge in [-0.15, -0.1) is 0 Å². The third-order valence-electron chi connectivity index (χ3n) is 5.99. The Balaban J connectivity index is 2.01. The molecule has 0 spiro atoms. The van der Waals surface area contributed by atoms with Crippen LogP contribution in [0.3, 0.4) is 0 Å². The molecule has 2 aromatic carbocycles. The zero-order valence-corrected chi connectivity index (χ0v) is 20.1. The Kier molecular flexibility index (Phi) is 7.99. The van der Waals surface area contributed by atoms with Crippen LogP contribution in [0.2, 0.25) is 0 Å². The molecule has 3 rings (SSSR count). The lowest BCUT2D eigenvalue weighted by Gasteiger charge is -2.25. The predicted molar refractivity (Wildman–Crippen MR) is 138 cm³/mol. The van der Waals surface area contributed by atoms with E-state index in [0.29, 0.717) is 5.92 Å². The molecule has 0 unspecified atom stereocenters. The number of anilines is 1. The maximum Gasteiger partial charge on any atom is 0.128 e. The van der Waals surface area contributed by atoms with Crippen molar-refractivity contribution >= 4 is 17.3 Å². The summed E-state index contributed by atoms with van der Waals surface area (Å²) in [6.07, 6.45) is 8.81. The van der Waals surface area contributed by atoms with E-state index in [0.717, 1.165) is 41.8 Å². The molecule has 0 saturated heterocycles. The number of para-hydroxylation sites is 1. The third kappa shape index (κ3) is 5.34. The highest BCUT2D eigenvalue weighted by Crippen LogP contribution is 2.34. The normalized spacial score (nSPS) is 11.9. The summed E-state index contributed by atoms with van der Waals surface area (Å²) >= 11 is 0. The quantitative estimate of drug-likeness (QED) is 0.352. The first-order chi connectivity index (χ1) is 15.5. The number of hydrogen-bond acceptors (Lipinski definition) is 3. The maximum absolute atomic E-state index is 4.63. The summed E-state index contributed by atoms with van der Waals surface area (Å²) in [7, 11) is 2.14. The van der Waals surface area contributed by atoms with Crippen LogP contribution in [0.4, 0.5) is 5.69 Å². The van der Waals surface area contributed by atoms with E-state index in [4.69, 9.17) is 0 Å². The van der Waals surface area contributed by atoms with Crippen LogP contribution in [0.5, 0.6) is 0 Å². The lowest BCUT2D eigenvalue weighted by molar-refractivity contribution is 0.574. The largest absolute Gasteiger partial charge is 0.348 e. The zero-order valence-electron chi connectivity index (χ0n) is 20.1. The Hall–Kier alpha value is -3.20. The minimum atomic E-state index is 0.652. The fourth-order valence-electron chi connectivity index (χ4n) is 4.12. The number of hydrogen-bond donors (Lipinski definition) is 0. The molecule has 0 N–H and O–H groups in total. The van der Waals surface area contributed by atoms with Gasteiger partial charge in [0.15, 0.2) is 0 Å². The van der Waals surface area contributed by atoms with E-state index in [1.165, 1.54) is 22.5 Å². The minimum Gasteiger partial charge on any atom is -0.348 e. The standard InChI is InChI=1S/C29H35N3/c1-7-25-26(22(5)28(8-2)32(6)24-13-10-9-11-14-24)15-12-16-27(25)23-19-30-29(31-20-23)18-17-21(3)4/h7,9-16,19-21H,1,8,17-18H2,2-6H3/b28-22-. The van der Waals surface area contributed by atoms with E-state index < -0.39 is 0 Å². The third-order valence-corrected chi connectivity index (χ3v) is 5.99. The summed E-state index contributed by atoms with van der Waals surface area (Å²) in [5, 5.41) is 0. The summed E-state index contributed by atoms with van der Waals surface area (Å²) in [6, 6.07) is 16.9. The van der Waals surface area contributed by atoms with Gasteiger partial charge in [-0.25, -0.2) is 9.97 Å². The molecule has 0 aliphatic rings. The van der Waals surface area contributed by atoms with Gasteiger partial charge in [0.25, 0.3) is 0 Å². The monoisotopic (exact) mass is 425 g/mol. The van der Waals surface area contributed by atoms with Crippen molar-refractivity contribution in [1.82, 2.24) is 9.97 Å². The maximum atomic E-state index is 4.63. The molecule has 3 heteroatoms. The Bertz CT molecular complexity index is 1060. The first-order valence-corrected chi connectivity index (χ1v) is 11.5. The molecule has 0 bridgehead atoms. The molecule has 0 amide bonds. The van der Waals surface area contributed by atoms with Gasteiger partial charge in [-0.1, -0.05) is 69.8 Å². The number of rotatable bonds is 9. The van der Waals surface area contributed by atoms with Crippen molar-refractivity contribution in [2.75, 3.05) is 11.9 Å². The lowest BCUT2D eigenvalue weighted by Crippen LogP contribution is -2.17. The molecule has 0 atom stereocenters. The van der Waals surface area contributed by atoms with Crippen LogP contribution in [-0.2, 0) is 6.42 Å². The van der Waals surface area contributed by atoms with Gasteiger partial charge in [0.05, 0.1) is 0 Å². The second kappa shape index (κ2) is 10.9. The van der Waals surface area contributed by atoms with E-state index in [2.05, 4.69) is 105 Å². The van der Waals surface area contributed by atoms with Gasteiger partial charge in [0, 0.05) is 42.8 Å². The molecule has 166 valence electrons. The van der Waals surface area contributed by atoms with Crippen molar-refractivity contribution in [2.45, 2.75) is 47.0 Å². The number of allylic oxidation sites excluding steroid dienone is 2. The zero-order chi connectivity index (χ0) is 23.1. The summed E-state index contributed by atoms with van der Waals surface area (Å²) < 4.78 is 0. The molecule has 0 aliphatic heterocycles. The van der Waals surface area contributed by atoms with E-state index in [1.807, 2.05) is 18.5 Å². The molecule has 3 nitrogen and oxygen atoms in total. The van der Waals surface area contributed by atoms with Crippen molar-refractivity contribution in [2.24, 2.45) is 5.92 Å². The highest BCUT2D eigenvalue weighted by atomic mass is 15.1. The molecular formula is C29H35N3. The molecule has 1 heterocycles. The first kappa shape index (κ1) is 23.5. The highest BCUT2D eigenvalue weighted by molar-refractivity contribution is 5.85. The SMILES string of the molecule is C=Cc1c(/C(C)=C(/CC)N(C)c2ccccc2)cccc1-c1cnc(CCC(C)C)nc1. The molecular weight excluding hydrogens is 390 g/mol. The predicted octanol–water partition coefficient (Wildman–Crippen LogP) is 7.65. The van der Waals surface area contributed by atoms with E-state index in [9.17, 15) is 0 Å². The minimum absolute atomic E-state index is 0.652. The van der Waals surface area contributed by atoms with E-state index in [-0.39, 0.29) is 0 Å². The molecule has 0 aliphatic carbocycles. The number of benzene rings is 2. The van der Waals surface area contributed by atoms with Crippen molar-refractivity contribution in [3.63, 3.8) is 0 Å². The van der Waals surface area contributed by atoms with Crippen LogP contribution in [0, 0.1) is 5.92 Å². The van der Waals surface area contributed by atoms with Crippen molar-refractivity contribution in [3.8, 4) is 11.1 Å². The van der Waals surface area contributed by atoms with E-state index in [1.54, 1.807) is 0 Å². The number of aromatic nitrogens is 2. The van der Waals surface area contributed by atoms with Gasteiger partial charge in [-0.2, -0.15) is 0 Å². The van der Waals surface area contributed by atoms with Crippen molar-refractivity contribution in [3.05, 3.63) is 90.2 Å². The molecule has 32 heavy (non-hydrogen) atoms. The van der Waals surface area contributed by atoms with Crippen molar-refractivity contribution < 1.29 is 0 Å². The highest BCUT2D eigenvalue weighted by Gasteiger charge is 2.15. The van der Waals surface area contributed by atoms with Crippen LogP contribution in [0.1, 0.15) is 57.5 Å². The number of aryl methyl sites for hydroxylation is 1.